The van der Waals surface area contributed by atoms with Crippen molar-refractivity contribution in [1.29, 1.82) is 0 Å². The monoisotopic (exact) mass is 417 g/mol. The zero-order valence-electron chi connectivity index (χ0n) is 16.7. The molecule has 1 atom stereocenters. The Kier molecular flexibility index (Phi) is 6.30. The average molecular weight is 418 g/mol. The van der Waals surface area contributed by atoms with E-state index >= 15 is 0 Å². The highest BCUT2D eigenvalue weighted by molar-refractivity contribution is 7.18. The summed E-state index contributed by atoms with van der Waals surface area (Å²) in [5, 5.41) is 1.39. The summed E-state index contributed by atoms with van der Waals surface area (Å²) >= 11 is 7.72. The van der Waals surface area contributed by atoms with Gasteiger partial charge in [-0.25, -0.2) is 15.0 Å². The number of Topliss-reactive ketones (excluding diaryl/α,β-unsaturated/α-hetero) is 1. The second kappa shape index (κ2) is 8.53. The third-order valence-corrected chi connectivity index (χ3v) is 6.11. The minimum atomic E-state index is 0.0911. The molecule has 7 heteroatoms. The molecule has 0 bridgehead atoms. The van der Waals surface area contributed by atoms with Gasteiger partial charge in [0.1, 0.15) is 21.2 Å². The summed E-state index contributed by atoms with van der Waals surface area (Å²) in [6, 6.07) is 1.73. The third-order valence-electron chi connectivity index (χ3n) is 4.96. The molecule has 0 N–H and O–H groups in total. The van der Waals surface area contributed by atoms with E-state index in [2.05, 4.69) is 30.7 Å². The number of hydrogen-bond donors (Lipinski definition) is 0. The molecule has 0 spiro atoms. The van der Waals surface area contributed by atoms with Gasteiger partial charge >= 0.3 is 0 Å². The molecule has 5 nitrogen and oxygen atoms in total. The van der Waals surface area contributed by atoms with Crippen LogP contribution in [0.25, 0.3) is 10.3 Å². The first-order chi connectivity index (χ1) is 13.3. The maximum Gasteiger partial charge on any atom is 0.232 e. The number of pyridine rings is 2. The van der Waals surface area contributed by atoms with E-state index in [0.29, 0.717) is 23.2 Å². The van der Waals surface area contributed by atoms with E-state index in [4.69, 9.17) is 21.3 Å². The predicted octanol–water partition coefficient (Wildman–Crippen LogP) is 5.17. The Labute approximate surface area is 174 Å². The van der Waals surface area contributed by atoms with Gasteiger partial charge in [-0.05, 0) is 41.5 Å². The second-order valence-electron chi connectivity index (χ2n) is 7.34. The van der Waals surface area contributed by atoms with Gasteiger partial charge in [-0.3, -0.25) is 4.79 Å². The Balaban J connectivity index is 1.89. The molecular formula is C21H24ClN3O2S. The molecule has 3 aromatic rings. The van der Waals surface area contributed by atoms with Gasteiger partial charge in [-0.2, -0.15) is 0 Å². The maximum absolute atomic E-state index is 12.8. The first-order valence-corrected chi connectivity index (χ1v) is 10.4. The van der Waals surface area contributed by atoms with Gasteiger partial charge in [0, 0.05) is 25.2 Å². The Morgan fingerprint density at radius 3 is 2.61 bits per heavy atom. The molecule has 0 aliphatic heterocycles. The summed E-state index contributed by atoms with van der Waals surface area (Å²) in [6.07, 6.45) is 4.05. The largest absolute Gasteiger partial charge is 0.480 e. The van der Waals surface area contributed by atoms with Crippen LogP contribution in [0.15, 0.2) is 18.5 Å². The number of halogens is 1. The van der Waals surface area contributed by atoms with Gasteiger partial charge in [-0.15, -0.1) is 0 Å². The molecule has 148 valence electrons. The summed E-state index contributed by atoms with van der Waals surface area (Å²) in [6.45, 7) is 8.55. The Morgan fingerprint density at radius 1 is 1.21 bits per heavy atom. The van der Waals surface area contributed by atoms with Crippen LogP contribution in [0.5, 0.6) is 5.88 Å². The first kappa shape index (κ1) is 20.7. The molecular weight excluding hydrogens is 394 g/mol. The zero-order valence-corrected chi connectivity index (χ0v) is 18.3. The van der Waals surface area contributed by atoms with E-state index in [1.54, 1.807) is 23.6 Å². The molecule has 0 aromatic carbocycles. The smallest absolute Gasteiger partial charge is 0.232 e. The van der Waals surface area contributed by atoms with Crippen molar-refractivity contribution in [2.45, 2.75) is 46.5 Å². The van der Waals surface area contributed by atoms with Crippen molar-refractivity contribution in [2.75, 3.05) is 7.11 Å². The summed E-state index contributed by atoms with van der Waals surface area (Å²) < 4.78 is 5.07. The van der Waals surface area contributed by atoms with Crippen LogP contribution in [0.3, 0.4) is 0 Å². The fourth-order valence-electron chi connectivity index (χ4n) is 3.23. The van der Waals surface area contributed by atoms with Gasteiger partial charge in [0.25, 0.3) is 0 Å². The fourth-order valence-corrected chi connectivity index (χ4v) is 4.27. The normalized spacial score (nSPS) is 12.5. The number of rotatable bonds is 7. The van der Waals surface area contributed by atoms with Crippen LogP contribution < -0.4 is 4.74 Å². The number of thiazole rings is 1. The van der Waals surface area contributed by atoms with Crippen LogP contribution in [0.2, 0.25) is 5.02 Å². The third kappa shape index (κ3) is 4.33. The minimum Gasteiger partial charge on any atom is -0.480 e. The molecule has 3 rings (SSSR count). The van der Waals surface area contributed by atoms with Gasteiger partial charge in [0.05, 0.1) is 12.1 Å². The van der Waals surface area contributed by atoms with Crippen LogP contribution >= 0.6 is 22.9 Å². The summed E-state index contributed by atoms with van der Waals surface area (Å²) in [4.78, 5) is 27.1. The van der Waals surface area contributed by atoms with Gasteiger partial charge in [0.2, 0.25) is 5.88 Å². The van der Waals surface area contributed by atoms with E-state index in [0.717, 1.165) is 32.0 Å². The SMILES string of the molecule is COc1ncc(CC(=O)Cc2cnc3sc(C)nc3c2C(C)C(C)C)cc1Cl. The molecule has 0 fully saturated rings. The summed E-state index contributed by atoms with van der Waals surface area (Å²) in [5.41, 5.74) is 3.80. The predicted molar refractivity (Wildman–Crippen MR) is 114 cm³/mol. The number of aromatic nitrogens is 3. The highest BCUT2D eigenvalue weighted by Gasteiger charge is 2.22. The lowest BCUT2D eigenvalue weighted by Crippen LogP contribution is -2.13. The maximum atomic E-state index is 12.8. The van der Waals surface area contributed by atoms with Crippen LogP contribution in [0, 0.1) is 12.8 Å². The zero-order chi connectivity index (χ0) is 20.4. The molecule has 1 unspecified atom stereocenters. The van der Waals surface area contributed by atoms with Crippen molar-refractivity contribution in [3.05, 3.63) is 45.2 Å². The highest BCUT2D eigenvalue weighted by atomic mass is 35.5. The topological polar surface area (TPSA) is 65.0 Å². The van der Waals surface area contributed by atoms with Crippen LogP contribution in [-0.2, 0) is 17.6 Å². The molecule has 0 aliphatic rings. The molecule has 0 radical (unpaired) electrons. The molecule has 28 heavy (non-hydrogen) atoms. The number of ether oxygens (including phenoxy) is 1. The van der Waals surface area contributed by atoms with Crippen molar-refractivity contribution >= 4 is 39.1 Å². The fraction of sp³-hybridized carbons (Fsp3) is 0.429. The number of aryl methyl sites for hydroxylation is 1. The van der Waals surface area contributed by atoms with Crippen molar-refractivity contribution in [1.82, 2.24) is 15.0 Å². The Hall–Kier alpha value is -2.05. The Morgan fingerprint density at radius 2 is 1.96 bits per heavy atom. The second-order valence-corrected chi connectivity index (χ2v) is 8.93. The van der Waals surface area contributed by atoms with Crippen molar-refractivity contribution < 1.29 is 9.53 Å². The standard InChI is InChI=1S/C21H24ClN3O2S/c1-11(2)12(3)18-15(10-24-21-19(18)25-13(4)28-21)8-16(26)6-14-7-17(22)20(27-5)23-9-14/h7,9-12H,6,8H2,1-5H3. The molecule has 0 aliphatic carbocycles. The molecule has 0 amide bonds. The van der Waals surface area contributed by atoms with Crippen molar-refractivity contribution in [3.8, 4) is 5.88 Å². The lowest BCUT2D eigenvalue weighted by atomic mass is 9.86. The molecule has 0 saturated heterocycles. The quantitative estimate of drug-likeness (QED) is 0.530. The van der Waals surface area contributed by atoms with Crippen LogP contribution in [-0.4, -0.2) is 27.8 Å². The summed E-state index contributed by atoms with van der Waals surface area (Å²) in [7, 11) is 1.51. The lowest BCUT2D eigenvalue weighted by molar-refractivity contribution is -0.117. The number of ketones is 1. The van der Waals surface area contributed by atoms with E-state index in [-0.39, 0.29) is 18.1 Å². The van der Waals surface area contributed by atoms with E-state index in [9.17, 15) is 4.79 Å². The average Bonchev–Trinajstić information content (AvgIpc) is 3.01. The Bertz CT molecular complexity index is 1020. The number of carbonyl (C=O) groups is 1. The van der Waals surface area contributed by atoms with E-state index < -0.39 is 0 Å². The number of hydrogen-bond acceptors (Lipinski definition) is 6. The summed E-state index contributed by atoms with van der Waals surface area (Å²) in [5.74, 6) is 1.17. The van der Waals surface area contributed by atoms with E-state index in [1.807, 2.05) is 13.1 Å². The number of methoxy groups -OCH3 is 1. The van der Waals surface area contributed by atoms with Crippen LogP contribution in [0.4, 0.5) is 0 Å². The highest BCUT2D eigenvalue weighted by Crippen LogP contribution is 2.34. The molecule has 3 heterocycles. The molecule has 0 saturated carbocycles. The van der Waals surface area contributed by atoms with Gasteiger partial charge in [-0.1, -0.05) is 43.7 Å². The van der Waals surface area contributed by atoms with Gasteiger partial charge in [0.15, 0.2) is 0 Å². The van der Waals surface area contributed by atoms with E-state index in [1.165, 1.54) is 7.11 Å². The number of fused-ring (bicyclic) bond motifs is 1. The lowest BCUT2D eigenvalue weighted by Gasteiger charge is -2.20. The van der Waals surface area contributed by atoms with Crippen molar-refractivity contribution in [2.24, 2.45) is 5.92 Å². The van der Waals surface area contributed by atoms with Crippen LogP contribution in [0.1, 0.15) is 48.4 Å². The van der Waals surface area contributed by atoms with Gasteiger partial charge < -0.3 is 4.74 Å². The first-order valence-electron chi connectivity index (χ1n) is 9.25. The number of carbonyl (C=O) groups excluding carboxylic acids is 1. The van der Waals surface area contributed by atoms with Crippen molar-refractivity contribution in [3.63, 3.8) is 0 Å². The molecule has 3 aromatic heterocycles. The minimum absolute atomic E-state index is 0.0911. The number of nitrogens with zero attached hydrogens (tertiary/aromatic N) is 3.